The predicted molar refractivity (Wildman–Crippen MR) is 38.9 cm³/mol. The maximum absolute atomic E-state index is 8.61. The molecular formula is C6H15NO4. The van der Waals surface area contributed by atoms with Crippen LogP contribution in [0.5, 0.6) is 0 Å². The van der Waals surface area contributed by atoms with Crippen molar-refractivity contribution in [2.45, 2.75) is 6.29 Å². The summed E-state index contributed by atoms with van der Waals surface area (Å²) < 4.78 is 9.80. The van der Waals surface area contributed by atoms with Gasteiger partial charge in [0.1, 0.15) is 0 Å². The summed E-state index contributed by atoms with van der Waals surface area (Å²) in [5.41, 5.74) is 5.15. The highest BCUT2D eigenvalue weighted by atomic mass is 16.7. The second-order valence-electron chi connectivity index (χ2n) is 1.87. The van der Waals surface area contributed by atoms with Crippen LogP contribution >= 0.6 is 0 Å². The maximum Gasteiger partial charge on any atom is 0.180 e. The normalized spacial score (nSPS) is 13.4. The van der Waals surface area contributed by atoms with Gasteiger partial charge in [0.2, 0.25) is 0 Å². The van der Waals surface area contributed by atoms with Crippen molar-refractivity contribution in [1.82, 2.24) is 0 Å². The Morgan fingerprint density at radius 3 is 2.27 bits per heavy atom. The average Bonchev–Trinajstić information content (AvgIpc) is 2.05. The monoisotopic (exact) mass is 165 g/mol. The Labute approximate surface area is 65.7 Å². The first-order valence-electron chi connectivity index (χ1n) is 3.50. The van der Waals surface area contributed by atoms with E-state index in [4.69, 9.17) is 25.4 Å². The first-order chi connectivity index (χ1) is 5.35. The van der Waals surface area contributed by atoms with Gasteiger partial charge in [-0.2, -0.15) is 0 Å². The molecule has 4 N–H and O–H groups in total. The highest BCUT2D eigenvalue weighted by Crippen LogP contribution is 1.91. The van der Waals surface area contributed by atoms with Crippen molar-refractivity contribution >= 4 is 0 Å². The number of aliphatic hydroxyl groups is 2. The van der Waals surface area contributed by atoms with Crippen molar-refractivity contribution in [3.05, 3.63) is 0 Å². The SMILES string of the molecule is NCCOC(CO)OCCO. The van der Waals surface area contributed by atoms with Gasteiger partial charge in [-0.15, -0.1) is 0 Å². The van der Waals surface area contributed by atoms with E-state index in [2.05, 4.69) is 0 Å². The molecule has 5 heteroatoms. The van der Waals surface area contributed by atoms with Gasteiger partial charge in [-0.3, -0.25) is 0 Å². The Hall–Kier alpha value is -0.200. The van der Waals surface area contributed by atoms with Crippen molar-refractivity contribution < 1.29 is 19.7 Å². The van der Waals surface area contributed by atoms with Gasteiger partial charge in [0.25, 0.3) is 0 Å². The lowest BCUT2D eigenvalue weighted by molar-refractivity contribution is -0.165. The van der Waals surface area contributed by atoms with E-state index in [1.54, 1.807) is 0 Å². The molecule has 0 aliphatic heterocycles. The fraction of sp³-hybridized carbons (Fsp3) is 1.00. The Kier molecular flexibility index (Phi) is 7.76. The molecule has 5 nitrogen and oxygen atoms in total. The molecule has 0 aliphatic carbocycles. The number of aliphatic hydroxyl groups excluding tert-OH is 2. The fourth-order valence-electron chi connectivity index (χ4n) is 0.537. The third-order valence-electron chi connectivity index (χ3n) is 0.966. The van der Waals surface area contributed by atoms with Gasteiger partial charge in [0, 0.05) is 6.54 Å². The molecule has 1 unspecified atom stereocenters. The topological polar surface area (TPSA) is 84.9 Å². The summed E-state index contributed by atoms with van der Waals surface area (Å²) in [6.45, 7) is 0.591. The van der Waals surface area contributed by atoms with E-state index in [0.29, 0.717) is 13.2 Å². The van der Waals surface area contributed by atoms with Crippen LogP contribution < -0.4 is 5.73 Å². The zero-order chi connectivity index (χ0) is 8.53. The molecule has 0 saturated heterocycles. The van der Waals surface area contributed by atoms with Crippen molar-refractivity contribution in [3.63, 3.8) is 0 Å². The standard InChI is InChI=1S/C6H15NO4/c7-1-3-10-6(5-9)11-4-2-8/h6,8-9H,1-5,7H2. The van der Waals surface area contributed by atoms with Gasteiger partial charge >= 0.3 is 0 Å². The van der Waals surface area contributed by atoms with E-state index in [1.165, 1.54) is 0 Å². The van der Waals surface area contributed by atoms with Gasteiger partial charge in [0.05, 0.1) is 26.4 Å². The van der Waals surface area contributed by atoms with Crippen molar-refractivity contribution in [3.8, 4) is 0 Å². The van der Waals surface area contributed by atoms with E-state index in [-0.39, 0.29) is 19.8 Å². The van der Waals surface area contributed by atoms with Crippen LogP contribution in [0.25, 0.3) is 0 Å². The van der Waals surface area contributed by atoms with E-state index >= 15 is 0 Å². The summed E-state index contributed by atoms with van der Waals surface area (Å²) in [7, 11) is 0. The van der Waals surface area contributed by atoms with Crippen LogP contribution in [0.3, 0.4) is 0 Å². The van der Waals surface area contributed by atoms with Gasteiger partial charge in [-0.05, 0) is 0 Å². The Morgan fingerprint density at radius 2 is 1.82 bits per heavy atom. The molecule has 1 atom stereocenters. The van der Waals surface area contributed by atoms with E-state index in [0.717, 1.165) is 0 Å². The minimum atomic E-state index is -0.661. The number of rotatable bonds is 7. The summed E-state index contributed by atoms with van der Waals surface area (Å²) in [4.78, 5) is 0. The quantitative estimate of drug-likeness (QED) is 0.391. The van der Waals surface area contributed by atoms with Gasteiger partial charge in [0.15, 0.2) is 6.29 Å². The average molecular weight is 165 g/mol. The van der Waals surface area contributed by atoms with Crippen molar-refractivity contribution in [2.75, 3.05) is 33.0 Å². The molecule has 0 saturated carbocycles. The first kappa shape index (κ1) is 10.8. The van der Waals surface area contributed by atoms with Gasteiger partial charge in [-0.25, -0.2) is 0 Å². The molecule has 11 heavy (non-hydrogen) atoms. The van der Waals surface area contributed by atoms with Crippen LogP contribution in [0.2, 0.25) is 0 Å². The summed E-state index contributed by atoms with van der Waals surface area (Å²) in [6, 6.07) is 0. The minimum Gasteiger partial charge on any atom is -0.394 e. The Bertz CT molecular complexity index is 73.0. The highest BCUT2D eigenvalue weighted by molar-refractivity contribution is 4.40. The van der Waals surface area contributed by atoms with E-state index < -0.39 is 6.29 Å². The number of ether oxygens (including phenoxy) is 2. The predicted octanol–water partition coefficient (Wildman–Crippen LogP) is -1.71. The summed E-state index contributed by atoms with van der Waals surface area (Å²) in [5.74, 6) is 0. The zero-order valence-corrected chi connectivity index (χ0v) is 6.40. The molecule has 0 aliphatic rings. The highest BCUT2D eigenvalue weighted by Gasteiger charge is 2.05. The second kappa shape index (κ2) is 7.90. The van der Waals surface area contributed by atoms with Crippen LogP contribution in [-0.2, 0) is 9.47 Å². The first-order valence-corrected chi connectivity index (χ1v) is 3.50. The van der Waals surface area contributed by atoms with Crippen LogP contribution in [0, 0.1) is 0 Å². The fourth-order valence-corrected chi connectivity index (χ4v) is 0.537. The largest absolute Gasteiger partial charge is 0.394 e. The molecule has 0 radical (unpaired) electrons. The van der Waals surface area contributed by atoms with E-state index in [9.17, 15) is 0 Å². The molecule has 0 heterocycles. The second-order valence-corrected chi connectivity index (χ2v) is 1.87. The van der Waals surface area contributed by atoms with Gasteiger partial charge < -0.3 is 25.4 Å². The maximum atomic E-state index is 8.61. The molecular weight excluding hydrogens is 150 g/mol. The molecule has 0 rings (SSSR count). The van der Waals surface area contributed by atoms with Gasteiger partial charge in [-0.1, -0.05) is 0 Å². The lowest BCUT2D eigenvalue weighted by Gasteiger charge is -2.14. The summed E-state index contributed by atoms with van der Waals surface area (Å²) in [6.07, 6.45) is -0.661. The summed E-state index contributed by atoms with van der Waals surface area (Å²) in [5, 5.41) is 17.0. The Balaban J connectivity index is 3.25. The minimum absolute atomic E-state index is 0.0809. The number of hydrogen-bond donors (Lipinski definition) is 3. The number of hydrogen-bond acceptors (Lipinski definition) is 5. The van der Waals surface area contributed by atoms with Crippen molar-refractivity contribution in [1.29, 1.82) is 0 Å². The molecule has 0 aromatic carbocycles. The Morgan fingerprint density at radius 1 is 1.18 bits per heavy atom. The smallest absolute Gasteiger partial charge is 0.180 e. The lowest BCUT2D eigenvalue weighted by Crippen LogP contribution is -2.25. The molecule has 0 fully saturated rings. The summed E-state index contributed by atoms with van der Waals surface area (Å²) >= 11 is 0. The van der Waals surface area contributed by atoms with Crippen LogP contribution in [-0.4, -0.2) is 49.5 Å². The third kappa shape index (κ3) is 6.21. The van der Waals surface area contributed by atoms with Crippen molar-refractivity contribution in [2.24, 2.45) is 5.73 Å². The van der Waals surface area contributed by atoms with Crippen LogP contribution in [0.15, 0.2) is 0 Å². The molecule has 0 aromatic rings. The van der Waals surface area contributed by atoms with Crippen LogP contribution in [0.4, 0.5) is 0 Å². The lowest BCUT2D eigenvalue weighted by atomic mass is 10.6. The number of nitrogens with two attached hydrogens (primary N) is 1. The zero-order valence-electron chi connectivity index (χ0n) is 6.40. The molecule has 68 valence electrons. The molecule has 0 bridgehead atoms. The van der Waals surface area contributed by atoms with Crippen LogP contribution in [0.1, 0.15) is 0 Å². The molecule has 0 amide bonds. The van der Waals surface area contributed by atoms with E-state index in [1.807, 2.05) is 0 Å². The molecule has 0 aromatic heterocycles. The third-order valence-corrected chi connectivity index (χ3v) is 0.966. The molecule has 0 spiro atoms.